The van der Waals surface area contributed by atoms with E-state index in [1.807, 2.05) is 30.9 Å². The summed E-state index contributed by atoms with van der Waals surface area (Å²) in [6, 6.07) is 25.6. The molecule has 24 heavy (non-hydrogen) atoms. The van der Waals surface area contributed by atoms with Gasteiger partial charge in [0.25, 0.3) is 0 Å². The molecule has 2 atom stereocenters. The van der Waals surface area contributed by atoms with Gasteiger partial charge in [-0.2, -0.15) is 0 Å². The molecule has 4 rings (SSSR count). The predicted molar refractivity (Wildman–Crippen MR) is 96.6 cm³/mol. The van der Waals surface area contributed by atoms with Crippen LogP contribution < -0.4 is 0 Å². The SMILES string of the molecule is C1=NC(c2ccccc2)C(c2ccccc2)N1Cc1cccnc1. The zero-order valence-corrected chi connectivity index (χ0v) is 13.4. The number of aliphatic imine (C=N–C) groups is 1. The van der Waals surface area contributed by atoms with Crippen molar-refractivity contribution in [2.24, 2.45) is 4.99 Å². The van der Waals surface area contributed by atoms with Gasteiger partial charge in [-0.05, 0) is 22.8 Å². The highest BCUT2D eigenvalue weighted by atomic mass is 15.2. The lowest BCUT2D eigenvalue weighted by Crippen LogP contribution is -2.25. The van der Waals surface area contributed by atoms with E-state index in [1.54, 1.807) is 0 Å². The third kappa shape index (κ3) is 2.93. The average molecular weight is 313 g/mol. The van der Waals surface area contributed by atoms with E-state index in [-0.39, 0.29) is 12.1 Å². The van der Waals surface area contributed by atoms with Gasteiger partial charge in [0.2, 0.25) is 0 Å². The Morgan fingerprint density at radius 2 is 1.50 bits per heavy atom. The molecule has 3 heteroatoms. The van der Waals surface area contributed by atoms with Crippen LogP contribution in [0.5, 0.6) is 0 Å². The van der Waals surface area contributed by atoms with Gasteiger partial charge in [-0.25, -0.2) is 0 Å². The van der Waals surface area contributed by atoms with Crippen molar-refractivity contribution in [3.63, 3.8) is 0 Å². The van der Waals surface area contributed by atoms with Crippen molar-refractivity contribution in [3.05, 3.63) is 102 Å². The first-order chi connectivity index (χ1) is 11.9. The number of rotatable bonds is 4. The minimum Gasteiger partial charge on any atom is -0.349 e. The summed E-state index contributed by atoms with van der Waals surface area (Å²) in [5, 5.41) is 0. The lowest BCUT2D eigenvalue weighted by molar-refractivity contribution is 0.310. The van der Waals surface area contributed by atoms with Crippen LogP contribution in [0.25, 0.3) is 0 Å². The molecule has 3 nitrogen and oxygen atoms in total. The van der Waals surface area contributed by atoms with Crippen molar-refractivity contribution in [1.29, 1.82) is 0 Å². The molecule has 118 valence electrons. The number of hydrogen-bond donors (Lipinski definition) is 0. The third-order valence-corrected chi connectivity index (χ3v) is 4.40. The van der Waals surface area contributed by atoms with Crippen molar-refractivity contribution < 1.29 is 0 Å². The van der Waals surface area contributed by atoms with E-state index in [9.17, 15) is 0 Å². The first-order valence-corrected chi connectivity index (χ1v) is 8.20. The van der Waals surface area contributed by atoms with Gasteiger partial charge < -0.3 is 4.90 Å². The summed E-state index contributed by atoms with van der Waals surface area (Å²) in [6.07, 6.45) is 5.72. The normalized spacial score (nSPS) is 19.6. The van der Waals surface area contributed by atoms with Crippen molar-refractivity contribution in [3.8, 4) is 0 Å². The summed E-state index contributed by atoms with van der Waals surface area (Å²) in [5.74, 6) is 0. The molecule has 1 aliphatic rings. The van der Waals surface area contributed by atoms with Gasteiger partial charge in [0.05, 0.1) is 12.4 Å². The lowest BCUT2D eigenvalue weighted by atomic mass is 9.93. The van der Waals surface area contributed by atoms with Crippen LogP contribution in [0.1, 0.15) is 28.8 Å². The van der Waals surface area contributed by atoms with E-state index in [0.29, 0.717) is 0 Å². The maximum Gasteiger partial charge on any atom is 0.101 e. The second-order valence-corrected chi connectivity index (χ2v) is 6.01. The molecule has 0 aliphatic carbocycles. The molecule has 0 saturated heterocycles. The summed E-state index contributed by atoms with van der Waals surface area (Å²) in [6.45, 7) is 0.806. The molecule has 0 radical (unpaired) electrons. The Bertz CT molecular complexity index is 800. The van der Waals surface area contributed by atoms with Gasteiger partial charge in [0, 0.05) is 18.9 Å². The van der Waals surface area contributed by atoms with Crippen LogP contribution in [0.4, 0.5) is 0 Å². The molecular formula is C21H19N3. The van der Waals surface area contributed by atoms with E-state index >= 15 is 0 Å². The average Bonchev–Trinajstić information content (AvgIpc) is 3.07. The van der Waals surface area contributed by atoms with E-state index in [4.69, 9.17) is 4.99 Å². The predicted octanol–water partition coefficient (Wildman–Crippen LogP) is 4.41. The molecule has 0 fully saturated rings. The van der Waals surface area contributed by atoms with Crippen LogP contribution in [0.3, 0.4) is 0 Å². The van der Waals surface area contributed by atoms with Crippen LogP contribution in [-0.4, -0.2) is 16.2 Å². The fourth-order valence-electron chi connectivity index (χ4n) is 3.28. The minimum absolute atomic E-state index is 0.116. The molecule has 0 amide bonds. The first kappa shape index (κ1) is 14.6. The minimum atomic E-state index is 0.116. The summed E-state index contributed by atoms with van der Waals surface area (Å²) in [4.78, 5) is 11.4. The number of nitrogens with zero attached hydrogens (tertiary/aromatic N) is 3. The van der Waals surface area contributed by atoms with Crippen LogP contribution in [0, 0.1) is 0 Å². The highest BCUT2D eigenvalue weighted by molar-refractivity contribution is 5.61. The highest BCUT2D eigenvalue weighted by Gasteiger charge is 2.33. The van der Waals surface area contributed by atoms with Gasteiger partial charge >= 0.3 is 0 Å². The largest absolute Gasteiger partial charge is 0.349 e. The lowest BCUT2D eigenvalue weighted by Gasteiger charge is -2.29. The van der Waals surface area contributed by atoms with E-state index in [2.05, 4.69) is 70.5 Å². The van der Waals surface area contributed by atoms with E-state index in [0.717, 1.165) is 6.54 Å². The molecule has 0 N–H and O–H groups in total. The Labute approximate surface area is 142 Å². The molecule has 3 aromatic rings. The Hall–Kier alpha value is -2.94. The van der Waals surface area contributed by atoms with Crippen LogP contribution in [0.2, 0.25) is 0 Å². The van der Waals surface area contributed by atoms with Gasteiger partial charge in [-0.3, -0.25) is 9.98 Å². The van der Waals surface area contributed by atoms with Crippen LogP contribution in [-0.2, 0) is 6.54 Å². The topological polar surface area (TPSA) is 28.5 Å². The van der Waals surface area contributed by atoms with E-state index in [1.165, 1.54) is 16.7 Å². The molecule has 2 aromatic carbocycles. The maximum absolute atomic E-state index is 4.82. The zero-order valence-electron chi connectivity index (χ0n) is 13.4. The standard InChI is InChI=1S/C21H19N3/c1-3-9-18(10-4-1)20-21(19-11-5-2-6-12-19)24(16-23-20)15-17-8-7-13-22-14-17/h1-14,16,20-21H,15H2. The number of benzene rings is 2. The maximum atomic E-state index is 4.82. The summed E-state index contributed by atoms with van der Waals surface area (Å²) < 4.78 is 0. The number of aromatic nitrogens is 1. The second kappa shape index (κ2) is 6.67. The Morgan fingerprint density at radius 3 is 2.17 bits per heavy atom. The monoisotopic (exact) mass is 313 g/mol. The van der Waals surface area contributed by atoms with Crippen molar-refractivity contribution in [1.82, 2.24) is 9.88 Å². The van der Waals surface area contributed by atoms with Gasteiger partial charge in [-0.15, -0.1) is 0 Å². The Kier molecular flexibility index (Phi) is 4.07. The summed E-state index contributed by atoms with van der Waals surface area (Å²) in [7, 11) is 0. The molecule has 1 aliphatic heterocycles. The zero-order chi connectivity index (χ0) is 16.2. The number of hydrogen-bond acceptors (Lipinski definition) is 3. The fraction of sp³-hybridized carbons (Fsp3) is 0.143. The third-order valence-electron chi connectivity index (χ3n) is 4.40. The molecule has 0 saturated carbocycles. The summed E-state index contributed by atoms with van der Waals surface area (Å²) in [5.41, 5.74) is 3.72. The molecule has 0 bridgehead atoms. The summed E-state index contributed by atoms with van der Waals surface area (Å²) >= 11 is 0. The molecule has 0 spiro atoms. The second-order valence-electron chi connectivity index (χ2n) is 6.01. The molecule has 2 unspecified atom stereocenters. The molecule has 2 heterocycles. The Morgan fingerprint density at radius 1 is 0.792 bits per heavy atom. The highest BCUT2D eigenvalue weighted by Crippen LogP contribution is 2.40. The van der Waals surface area contributed by atoms with Gasteiger partial charge in [0.15, 0.2) is 0 Å². The van der Waals surface area contributed by atoms with Gasteiger partial charge in [0.1, 0.15) is 6.04 Å². The van der Waals surface area contributed by atoms with Crippen molar-refractivity contribution >= 4 is 6.34 Å². The van der Waals surface area contributed by atoms with E-state index < -0.39 is 0 Å². The molecular weight excluding hydrogens is 294 g/mol. The molecule has 1 aromatic heterocycles. The first-order valence-electron chi connectivity index (χ1n) is 8.20. The Balaban J connectivity index is 1.68. The van der Waals surface area contributed by atoms with Crippen molar-refractivity contribution in [2.75, 3.05) is 0 Å². The van der Waals surface area contributed by atoms with Gasteiger partial charge in [-0.1, -0.05) is 66.7 Å². The smallest absolute Gasteiger partial charge is 0.101 e. The fourth-order valence-corrected chi connectivity index (χ4v) is 3.28. The number of pyridine rings is 1. The van der Waals surface area contributed by atoms with Crippen molar-refractivity contribution in [2.45, 2.75) is 18.6 Å². The quantitative estimate of drug-likeness (QED) is 0.714. The van der Waals surface area contributed by atoms with Crippen LogP contribution >= 0.6 is 0 Å². The van der Waals surface area contributed by atoms with Crippen LogP contribution in [0.15, 0.2) is 90.2 Å².